The second-order valence-corrected chi connectivity index (χ2v) is 16.6. The van der Waals surface area contributed by atoms with E-state index >= 15 is 0 Å². The molecule has 5 aromatic carbocycles. The molecule has 0 amide bonds. The van der Waals surface area contributed by atoms with Crippen molar-refractivity contribution in [1.29, 1.82) is 0 Å². The third kappa shape index (κ3) is 5.48. The number of ketones is 2. The lowest BCUT2D eigenvalue weighted by atomic mass is 9.81. The van der Waals surface area contributed by atoms with Crippen molar-refractivity contribution >= 4 is 43.9 Å². The predicted molar refractivity (Wildman–Crippen MR) is 198 cm³/mol. The highest BCUT2D eigenvalue weighted by atomic mass is 16.7. The van der Waals surface area contributed by atoms with Gasteiger partial charge < -0.3 is 18.9 Å². The van der Waals surface area contributed by atoms with Crippen LogP contribution in [0.4, 0.5) is 0 Å². The smallest absolute Gasteiger partial charge is 0.252 e. The first-order valence-corrected chi connectivity index (χ1v) is 18.2. The number of fused-ring (bicyclic) bond motifs is 7. The van der Waals surface area contributed by atoms with Gasteiger partial charge in [-0.3, -0.25) is 9.59 Å². The van der Waals surface area contributed by atoms with Crippen LogP contribution in [0.15, 0.2) is 60.7 Å². The monoisotopic (exact) mass is 670 g/mol. The van der Waals surface area contributed by atoms with E-state index in [4.69, 9.17) is 18.9 Å². The normalized spacial score (nSPS) is 16.9. The maximum atomic E-state index is 14.1. The highest BCUT2D eigenvalue weighted by molar-refractivity contribution is 6.30. The van der Waals surface area contributed by atoms with E-state index in [0.29, 0.717) is 57.4 Å². The summed E-state index contributed by atoms with van der Waals surface area (Å²) in [7, 11) is 0. The summed E-state index contributed by atoms with van der Waals surface area (Å²) >= 11 is 0. The van der Waals surface area contributed by atoms with Crippen molar-refractivity contribution in [2.75, 3.05) is 0 Å². The van der Waals surface area contributed by atoms with Gasteiger partial charge in [-0.05, 0) is 117 Å². The average molecular weight is 671 g/mol. The molecule has 6 nitrogen and oxygen atoms in total. The molecule has 6 heteroatoms. The zero-order valence-corrected chi connectivity index (χ0v) is 30.4. The molecule has 1 aliphatic carbocycles. The molecule has 0 spiro atoms. The van der Waals surface area contributed by atoms with E-state index in [1.54, 1.807) is 0 Å². The van der Waals surface area contributed by atoms with Gasteiger partial charge in [0.05, 0.1) is 0 Å². The number of carbonyl (C=O) groups is 2. The van der Waals surface area contributed by atoms with Crippen LogP contribution in [0.3, 0.4) is 0 Å². The SMILES string of the molecule is CC(C)CC1(CC(C)C)Oc2cc3cc4c(cc3cc2O1)C(=O)c1cc2cc3cc5c(cc3cc2cc1C4=O)OC(CC(C)C)(CC(C)C)O5. The molecule has 5 aromatic rings. The maximum Gasteiger partial charge on any atom is 0.252 e. The van der Waals surface area contributed by atoms with Crippen LogP contribution in [0.1, 0.15) is 113 Å². The molecule has 0 aromatic heterocycles. The van der Waals surface area contributed by atoms with Crippen molar-refractivity contribution in [3.8, 4) is 23.0 Å². The van der Waals surface area contributed by atoms with Crippen molar-refractivity contribution in [1.82, 2.24) is 0 Å². The Morgan fingerprint density at radius 1 is 0.380 bits per heavy atom. The minimum Gasteiger partial charge on any atom is -0.448 e. The van der Waals surface area contributed by atoms with Gasteiger partial charge in [-0.2, -0.15) is 0 Å². The summed E-state index contributed by atoms with van der Waals surface area (Å²) in [6.45, 7) is 17.4. The Bertz CT molecular complexity index is 2080. The predicted octanol–water partition coefficient (Wildman–Crippen LogP) is 11.0. The summed E-state index contributed by atoms with van der Waals surface area (Å²) in [5.74, 6) is 2.74. The average Bonchev–Trinajstić information content (AvgIpc) is 3.52. The molecule has 2 aliphatic heterocycles. The first-order valence-electron chi connectivity index (χ1n) is 18.2. The zero-order chi connectivity index (χ0) is 35.3. The summed E-state index contributed by atoms with van der Waals surface area (Å²) in [4.78, 5) is 28.3. The van der Waals surface area contributed by atoms with E-state index in [1.165, 1.54) is 0 Å². The lowest BCUT2D eigenvalue weighted by Crippen LogP contribution is -2.41. The Labute approximate surface area is 294 Å². The summed E-state index contributed by atoms with van der Waals surface area (Å²) < 4.78 is 26.2. The number of rotatable bonds is 8. The van der Waals surface area contributed by atoms with Gasteiger partial charge in [0.2, 0.25) is 0 Å². The van der Waals surface area contributed by atoms with Crippen LogP contribution >= 0.6 is 0 Å². The van der Waals surface area contributed by atoms with E-state index in [0.717, 1.165) is 69.5 Å². The van der Waals surface area contributed by atoms with E-state index < -0.39 is 11.6 Å². The zero-order valence-electron chi connectivity index (χ0n) is 30.4. The van der Waals surface area contributed by atoms with Crippen molar-refractivity contribution in [2.45, 2.75) is 92.6 Å². The van der Waals surface area contributed by atoms with Crippen LogP contribution in [0.2, 0.25) is 0 Å². The third-order valence-corrected chi connectivity index (χ3v) is 10.1. The fourth-order valence-corrected chi connectivity index (χ4v) is 8.56. The van der Waals surface area contributed by atoms with Gasteiger partial charge >= 0.3 is 0 Å². The van der Waals surface area contributed by atoms with Crippen LogP contribution in [-0.4, -0.2) is 23.1 Å². The van der Waals surface area contributed by atoms with E-state index in [-0.39, 0.29) is 11.6 Å². The quantitative estimate of drug-likeness (QED) is 0.150. The van der Waals surface area contributed by atoms with E-state index in [1.807, 2.05) is 48.5 Å². The third-order valence-electron chi connectivity index (χ3n) is 10.1. The number of ether oxygens (including phenoxy) is 4. The van der Waals surface area contributed by atoms with Crippen molar-refractivity contribution in [3.63, 3.8) is 0 Å². The molecule has 3 aliphatic rings. The molecule has 0 fully saturated rings. The molecule has 0 saturated carbocycles. The largest absolute Gasteiger partial charge is 0.448 e. The molecule has 0 saturated heterocycles. The summed E-state index contributed by atoms with van der Waals surface area (Å²) in [6, 6.07) is 19.6. The second-order valence-electron chi connectivity index (χ2n) is 16.6. The number of hydrogen-bond acceptors (Lipinski definition) is 6. The number of hydrogen-bond donors (Lipinski definition) is 0. The molecule has 0 N–H and O–H groups in total. The van der Waals surface area contributed by atoms with E-state index in [2.05, 4.69) is 67.5 Å². The van der Waals surface area contributed by atoms with Gasteiger partial charge in [0.15, 0.2) is 34.6 Å². The molecule has 2 heterocycles. The lowest BCUT2D eigenvalue weighted by molar-refractivity contribution is -0.108. The van der Waals surface area contributed by atoms with Crippen molar-refractivity contribution in [2.24, 2.45) is 23.7 Å². The van der Waals surface area contributed by atoms with Crippen LogP contribution < -0.4 is 18.9 Å². The lowest BCUT2D eigenvalue weighted by Gasteiger charge is -2.31. The molecule has 8 rings (SSSR count). The highest BCUT2D eigenvalue weighted by Gasteiger charge is 2.44. The maximum absolute atomic E-state index is 14.1. The Hall–Kier alpha value is -4.58. The summed E-state index contributed by atoms with van der Waals surface area (Å²) in [6.07, 6.45) is 3.12. The van der Waals surface area contributed by atoms with Gasteiger partial charge in [-0.15, -0.1) is 0 Å². The number of benzene rings is 5. The molecule has 0 unspecified atom stereocenters. The Kier molecular flexibility index (Phi) is 7.49. The minimum absolute atomic E-state index is 0.150. The highest BCUT2D eigenvalue weighted by Crippen LogP contribution is 2.49. The van der Waals surface area contributed by atoms with Gasteiger partial charge in [0.25, 0.3) is 11.6 Å². The van der Waals surface area contributed by atoms with Gasteiger partial charge in [-0.1, -0.05) is 55.4 Å². The molecule has 50 heavy (non-hydrogen) atoms. The molecular formula is C44H46O6. The molecule has 0 radical (unpaired) electrons. The summed E-state index contributed by atoms with van der Waals surface area (Å²) in [5, 5.41) is 5.46. The topological polar surface area (TPSA) is 71.1 Å². The first kappa shape index (κ1) is 32.6. The van der Waals surface area contributed by atoms with E-state index in [9.17, 15) is 9.59 Å². The fourth-order valence-electron chi connectivity index (χ4n) is 8.56. The van der Waals surface area contributed by atoms with Crippen LogP contribution in [0.5, 0.6) is 23.0 Å². The molecule has 258 valence electrons. The first-order chi connectivity index (χ1) is 23.7. The van der Waals surface area contributed by atoms with Crippen molar-refractivity contribution < 1.29 is 28.5 Å². The van der Waals surface area contributed by atoms with Crippen molar-refractivity contribution in [3.05, 3.63) is 82.9 Å². The van der Waals surface area contributed by atoms with Crippen LogP contribution in [0.25, 0.3) is 32.3 Å². The molecule has 0 atom stereocenters. The van der Waals surface area contributed by atoms with Gasteiger partial charge in [-0.25, -0.2) is 0 Å². The second kappa shape index (κ2) is 11.5. The molecule has 0 bridgehead atoms. The Balaban J connectivity index is 1.17. The summed E-state index contributed by atoms with van der Waals surface area (Å²) in [5.41, 5.74) is 1.69. The fraction of sp³-hybridized carbons (Fsp3) is 0.409. The standard InChI is InChI=1S/C44H46O6/c1-23(2)19-43(20-24(3)4)47-37-15-29-9-27-11-33-34(12-28(27)10-30(29)16-38(37)48-43)42(46)36-14-32-18-40-39(17-31(32)13-35(36)41(33)45)49-44(50-40,21-25(5)6)22-26(7)8/h9-18,23-26H,19-22H2,1-8H3. The minimum atomic E-state index is -0.725. The number of carbonyl (C=O) groups excluding carboxylic acids is 2. The van der Waals surface area contributed by atoms with Gasteiger partial charge in [0.1, 0.15) is 0 Å². The van der Waals surface area contributed by atoms with Crippen LogP contribution in [-0.2, 0) is 0 Å². The Morgan fingerprint density at radius 3 is 0.840 bits per heavy atom. The molecular weight excluding hydrogens is 624 g/mol. The van der Waals surface area contributed by atoms with Gasteiger partial charge in [0, 0.05) is 47.9 Å². The van der Waals surface area contributed by atoms with Crippen LogP contribution in [0, 0.1) is 23.7 Å². The Morgan fingerprint density at radius 2 is 0.600 bits per heavy atom.